The molecule has 0 aromatic rings. The number of carbonyl (C=O) groups excluding carboxylic acids is 1. The molecule has 2 bridgehead atoms. The summed E-state index contributed by atoms with van der Waals surface area (Å²) in [4.78, 5) is 11.4. The zero-order chi connectivity index (χ0) is 10.6. The van der Waals surface area contributed by atoms with Gasteiger partial charge in [0.15, 0.2) is 0 Å². The Morgan fingerprint density at radius 2 is 2.07 bits per heavy atom. The first-order chi connectivity index (χ1) is 6.32. The van der Waals surface area contributed by atoms with Crippen LogP contribution in [0.3, 0.4) is 0 Å². The Bertz CT molecular complexity index is 263. The first kappa shape index (κ1) is 9.77. The number of aliphatic hydroxyl groups excluding tert-OH is 1. The second-order valence-corrected chi connectivity index (χ2v) is 5.40. The predicted octanol–water partition coefficient (Wildman–Crippen LogP) is 1.03. The molecular formula is C10H17NO3. The van der Waals surface area contributed by atoms with Crippen LogP contribution in [0, 0.1) is 5.92 Å². The van der Waals surface area contributed by atoms with Gasteiger partial charge in [0, 0.05) is 0 Å². The summed E-state index contributed by atoms with van der Waals surface area (Å²) in [6, 6.07) is 0. The molecule has 3 rings (SSSR count). The van der Waals surface area contributed by atoms with Crippen molar-refractivity contribution >= 4 is 6.09 Å². The molecule has 0 heterocycles. The van der Waals surface area contributed by atoms with Gasteiger partial charge in [-0.2, -0.15) is 0 Å². The van der Waals surface area contributed by atoms with E-state index in [1.165, 1.54) is 0 Å². The summed E-state index contributed by atoms with van der Waals surface area (Å²) in [6.45, 7) is 5.47. The minimum absolute atomic E-state index is 0.352. The summed E-state index contributed by atoms with van der Waals surface area (Å²) in [5, 5.41) is 12.2. The molecule has 80 valence electrons. The summed E-state index contributed by atoms with van der Waals surface area (Å²) >= 11 is 0. The lowest BCUT2D eigenvalue weighted by Crippen LogP contribution is -2.78. The molecule has 0 saturated heterocycles. The van der Waals surface area contributed by atoms with Gasteiger partial charge in [0.2, 0.25) is 0 Å². The standard InChI is InChI=1S/C10H17NO3/c1-9(2,3)14-8(13)11-10-4-6(5-10)7(10)12/h6-7,12H,4-5H2,1-3H3,(H,11,13)/t6?,7-,10?/m1/s1. The van der Waals surface area contributed by atoms with E-state index in [9.17, 15) is 9.90 Å². The van der Waals surface area contributed by atoms with Gasteiger partial charge in [-0.3, -0.25) is 0 Å². The minimum atomic E-state index is -0.474. The van der Waals surface area contributed by atoms with Crippen molar-refractivity contribution in [3.63, 3.8) is 0 Å². The molecule has 3 aliphatic carbocycles. The van der Waals surface area contributed by atoms with Crippen LogP contribution in [0.15, 0.2) is 0 Å². The highest BCUT2D eigenvalue weighted by atomic mass is 16.6. The minimum Gasteiger partial charge on any atom is -0.444 e. The molecule has 0 aromatic heterocycles. The van der Waals surface area contributed by atoms with Crippen LogP contribution in [-0.2, 0) is 4.74 Å². The lowest BCUT2D eigenvalue weighted by Gasteiger charge is -2.65. The van der Waals surface area contributed by atoms with Crippen molar-refractivity contribution in [1.82, 2.24) is 5.32 Å². The molecule has 0 aliphatic heterocycles. The van der Waals surface area contributed by atoms with Gasteiger partial charge in [-0.25, -0.2) is 4.79 Å². The highest BCUT2D eigenvalue weighted by Crippen LogP contribution is 2.57. The van der Waals surface area contributed by atoms with Gasteiger partial charge < -0.3 is 15.2 Å². The van der Waals surface area contributed by atoms with E-state index >= 15 is 0 Å². The third-order valence-electron chi connectivity index (χ3n) is 3.02. The van der Waals surface area contributed by atoms with Crippen LogP contribution < -0.4 is 5.32 Å². The Kier molecular flexibility index (Phi) is 1.83. The van der Waals surface area contributed by atoms with Crippen molar-refractivity contribution in [2.75, 3.05) is 0 Å². The maximum Gasteiger partial charge on any atom is 0.408 e. The fourth-order valence-corrected chi connectivity index (χ4v) is 2.15. The molecule has 1 amide bonds. The summed E-state index contributed by atoms with van der Waals surface area (Å²) in [6.07, 6.45) is 1.02. The third-order valence-corrected chi connectivity index (χ3v) is 3.02. The number of hydrogen-bond donors (Lipinski definition) is 2. The summed E-state index contributed by atoms with van der Waals surface area (Å²) < 4.78 is 5.12. The summed E-state index contributed by atoms with van der Waals surface area (Å²) in [5.41, 5.74) is -0.828. The van der Waals surface area contributed by atoms with Crippen LogP contribution >= 0.6 is 0 Å². The summed E-state index contributed by atoms with van der Waals surface area (Å²) in [5.74, 6) is 0.407. The Morgan fingerprint density at radius 3 is 2.36 bits per heavy atom. The predicted molar refractivity (Wildman–Crippen MR) is 50.8 cm³/mol. The van der Waals surface area contributed by atoms with Crippen molar-refractivity contribution < 1.29 is 14.6 Å². The third kappa shape index (κ3) is 1.38. The number of ether oxygens (including phenoxy) is 1. The number of amides is 1. The largest absolute Gasteiger partial charge is 0.444 e. The van der Waals surface area contributed by atoms with E-state index in [0.717, 1.165) is 12.8 Å². The zero-order valence-electron chi connectivity index (χ0n) is 8.83. The Labute approximate surface area is 83.6 Å². The number of aliphatic hydroxyl groups is 1. The lowest BCUT2D eigenvalue weighted by atomic mass is 9.47. The number of nitrogens with one attached hydrogen (secondary N) is 1. The molecule has 4 nitrogen and oxygen atoms in total. The van der Waals surface area contributed by atoms with Gasteiger partial charge in [0.05, 0.1) is 11.6 Å². The van der Waals surface area contributed by atoms with E-state index in [0.29, 0.717) is 5.92 Å². The smallest absolute Gasteiger partial charge is 0.408 e. The van der Waals surface area contributed by atoms with Crippen LogP contribution in [0.25, 0.3) is 0 Å². The van der Waals surface area contributed by atoms with E-state index in [-0.39, 0.29) is 11.6 Å². The van der Waals surface area contributed by atoms with Crippen molar-refractivity contribution in [3.05, 3.63) is 0 Å². The van der Waals surface area contributed by atoms with Gasteiger partial charge in [-0.15, -0.1) is 0 Å². The van der Waals surface area contributed by atoms with Crippen LogP contribution in [0.5, 0.6) is 0 Å². The second kappa shape index (κ2) is 2.63. The van der Waals surface area contributed by atoms with Gasteiger partial charge in [-0.1, -0.05) is 0 Å². The van der Waals surface area contributed by atoms with Crippen molar-refractivity contribution in [2.45, 2.75) is 50.9 Å². The van der Waals surface area contributed by atoms with E-state index < -0.39 is 11.7 Å². The highest BCUT2D eigenvalue weighted by molar-refractivity contribution is 5.70. The molecule has 0 spiro atoms. The van der Waals surface area contributed by atoms with Crippen molar-refractivity contribution in [3.8, 4) is 0 Å². The molecule has 1 atom stereocenters. The van der Waals surface area contributed by atoms with Gasteiger partial charge in [-0.05, 0) is 39.5 Å². The fraction of sp³-hybridized carbons (Fsp3) is 0.900. The average molecular weight is 199 g/mol. The molecule has 0 radical (unpaired) electrons. The van der Waals surface area contributed by atoms with E-state index in [1.807, 2.05) is 20.8 Å². The summed E-state index contributed by atoms with van der Waals surface area (Å²) in [7, 11) is 0. The van der Waals surface area contributed by atoms with Crippen molar-refractivity contribution in [2.24, 2.45) is 5.92 Å². The second-order valence-electron chi connectivity index (χ2n) is 5.40. The van der Waals surface area contributed by atoms with Crippen LogP contribution in [0.1, 0.15) is 33.6 Å². The monoisotopic (exact) mass is 199 g/mol. The van der Waals surface area contributed by atoms with Crippen molar-refractivity contribution in [1.29, 1.82) is 0 Å². The molecule has 0 aromatic carbocycles. The first-order valence-corrected chi connectivity index (χ1v) is 5.02. The zero-order valence-corrected chi connectivity index (χ0v) is 8.83. The Hall–Kier alpha value is -0.770. The SMILES string of the molecule is CC(C)(C)OC(=O)NC12CC(C1)[C@H]2O. The van der Waals surface area contributed by atoms with Crippen LogP contribution in [-0.4, -0.2) is 28.4 Å². The lowest BCUT2D eigenvalue weighted by molar-refractivity contribution is -0.188. The molecule has 14 heavy (non-hydrogen) atoms. The van der Waals surface area contributed by atoms with E-state index in [2.05, 4.69) is 5.32 Å². The highest BCUT2D eigenvalue weighted by Gasteiger charge is 2.66. The molecule has 2 N–H and O–H groups in total. The quantitative estimate of drug-likeness (QED) is 0.663. The normalized spacial score (nSPS) is 39.4. The van der Waals surface area contributed by atoms with Gasteiger partial charge >= 0.3 is 6.09 Å². The Morgan fingerprint density at radius 1 is 1.50 bits per heavy atom. The maximum atomic E-state index is 11.4. The number of alkyl carbamates (subject to hydrolysis) is 1. The Balaban J connectivity index is 1.84. The number of rotatable bonds is 1. The van der Waals surface area contributed by atoms with Crippen LogP contribution in [0.2, 0.25) is 0 Å². The molecule has 3 saturated carbocycles. The molecule has 3 fully saturated rings. The molecule has 4 heteroatoms. The molecule has 0 unspecified atom stereocenters. The molecule has 3 aliphatic rings. The van der Waals surface area contributed by atoms with Crippen LogP contribution in [0.4, 0.5) is 4.79 Å². The maximum absolute atomic E-state index is 11.4. The average Bonchev–Trinajstić information content (AvgIpc) is 1.94. The van der Waals surface area contributed by atoms with Gasteiger partial charge in [0.1, 0.15) is 5.60 Å². The number of hydrogen-bond acceptors (Lipinski definition) is 3. The van der Waals surface area contributed by atoms with E-state index in [4.69, 9.17) is 4.74 Å². The molecular weight excluding hydrogens is 182 g/mol. The first-order valence-electron chi connectivity index (χ1n) is 5.02. The van der Waals surface area contributed by atoms with E-state index in [1.54, 1.807) is 0 Å². The van der Waals surface area contributed by atoms with Gasteiger partial charge in [0.25, 0.3) is 0 Å². The topological polar surface area (TPSA) is 58.6 Å². The fourth-order valence-electron chi connectivity index (χ4n) is 2.15. The number of carbonyl (C=O) groups is 1.